The summed E-state index contributed by atoms with van der Waals surface area (Å²) < 4.78 is 10.5. The van der Waals surface area contributed by atoms with E-state index in [0.717, 1.165) is 54.5 Å². The summed E-state index contributed by atoms with van der Waals surface area (Å²) in [6, 6.07) is 25.6. The van der Waals surface area contributed by atoms with Crippen LogP contribution < -0.4 is 10.1 Å². The molecule has 3 aromatic rings. The molecule has 5 nitrogen and oxygen atoms in total. The number of esters is 1. The Morgan fingerprint density at radius 3 is 2.21 bits per heavy atom. The third-order valence-corrected chi connectivity index (χ3v) is 5.66. The van der Waals surface area contributed by atoms with Crippen molar-refractivity contribution < 1.29 is 19.1 Å². The van der Waals surface area contributed by atoms with E-state index in [4.69, 9.17) is 4.74 Å². The van der Waals surface area contributed by atoms with Gasteiger partial charge in [0.2, 0.25) is 0 Å². The van der Waals surface area contributed by atoms with Crippen LogP contribution in [-0.4, -0.2) is 25.5 Å². The van der Waals surface area contributed by atoms with E-state index in [2.05, 4.69) is 10.1 Å². The molecule has 0 aliphatic heterocycles. The predicted molar refractivity (Wildman–Crippen MR) is 135 cm³/mol. The second-order valence-electron chi connectivity index (χ2n) is 8.19. The molecule has 3 rings (SSSR count). The Bertz CT molecular complexity index is 1030. The van der Waals surface area contributed by atoms with Crippen molar-refractivity contribution in [1.82, 2.24) is 5.32 Å². The Balaban J connectivity index is 1.47. The summed E-state index contributed by atoms with van der Waals surface area (Å²) in [5.74, 6) is 0.576. The lowest BCUT2D eigenvalue weighted by Gasteiger charge is -2.12. The minimum Gasteiger partial charge on any atom is -0.489 e. The van der Waals surface area contributed by atoms with Crippen molar-refractivity contribution in [3.63, 3.8) is 0 Å². The highest BCUT2D eigenvalue weighted by molar-refractivity contribution is 6.00. The quantitative estimate of drug-likeness (QED) is 0.245. The molecular formula is C29H33NO4. The van der Waals surface area contributed by atoms with E-state index in [1.54, 1.807) is 0 Å². The number of carbonyl (C=O) groups is 2. The lowest BCUT2D eigenvalue weighted by Crippen LogP contribution is -2.25. The average Bonchev–Trinajstić information content (AvgIpc) is 2.89. The van der Waals surface area contributed by atoms with E-state index in [9.17, 15) is 9.59 Å². The highest BCUT2D eigenvalue weighted by Gasteiger charge is 2.12. The van der Waals surface area contributed by atoms with Crippen molar-refractivity contribution >= 4 is 11.9 Å². The van der Waals surface area contributed by atoms with Gasteiger partial charge in [-0.05, 0) is 47.7 Å². The van der Waals surface area contributed by atoms with Gasteiger partial charge < -0.3 is 14.8 Å². The minimum atomic E-state index is -0.153. The summed E-state index contributed by atoms with van der Waals surface area (Å²) in [5, 5.41) is 3.04. The molecule has 0 aromatic heterocycles. The summed E-state index contributed by atoms with van der Waals surface area (Å²) in [5.41, 5.74) is 3.66. The maximum atomic E-state index is 12.8. The highest BCUT2D eigenvalue weighted by Crippen LogP contribution is 2.26. The maximum absolute atomic E-state index is 12.8. The standard InChI is InChI=1S/C29H33NO4/c1-33-28(31)16-8-3-2-4-11-21-30-29(32)27-15-10-9-14-26(27)24-17-19-25(20-18-24)34-22-23-12-6-5-7-13-23/h5-7,9-10,12-15,17-20H,2-4,8,11,16,21-22H2,1H3,(H,30,32). The molecule has 5 heteroatoms. The second kappa shape index (κ2) is 13.8. The molecule has 0 radical (unpaired) electrons. The molecule has 0 saturated carbocycles. The number of rotatable bonds is 13. The molecule has 1 amide bonds. The largest absolute Gasteiger partial charge is 0.489 e. The topological polar surface area (TPSA) is 64.6 Å². The number of nitrogens with one attached hydrogen (secondary N) is 1. The number of carbonyl (C=O) groups excluding carboxylic acids is 2. The van der Waals surface area contributed by atoms with Crippen LogP contribution >= 0.6 is 0 Å². The summed E-state index contributed by atoms with van der Waals surface area (Å²) in [4.78, 5) is 23.9. The van der Waals surface area contributed by atoms with E-state index >= 15 is 0 Å². The van der Waals surface area contributed by atoms with Crippen molar-refractivity contribution in [2.45, 2.75) is 45.1 Å². The van der Waals surface area contributed by atoms with Crippen LogP contribution in [0.1, 0.15) is 54.4 Å². The number of ether oxygens (including phenoxy) is 2. The Morgan fingerprint density at radius 1 is 0.765 bits per heavy atom. The van der Waals surface area contributed by atoms with Gasteiger partial charge in [0, 0.05) is 18.5 Å². The smallest absolute Gasteiger partial charge is 0.305 e. The Kier molecular flexibility index (Phi) is 10.2. The molecule has 0 bridgehead atoms. The summed E-state index contributed by atoms with van der Waals surface area (Å²) in [7, 11) is 1.42. The van der Waals surface area contributed by atoms with Crippen LogP contribution in [0.4, 0.5) is 0 Å². The molecule has 0 fully saturated rings. The van der Waals surface area contributed by atoms with E-state index in [-0.39, 0.29) is 11.9 Å². The molecule has 1 N–H and O–H groups in total. The van der Waals surface area contributed by atoms with Gasteiger partial charge in [-0.1, -0.05) is 79.9 Å². The molecule has 0 aliphatic carbocycles. The van der Waals surface area contributed by atoms with Gasteiger partial charge in [-0.3, -0.25) is 9.59 Å². The fourth-order valence-electron chi connectivity index (χ4n) is 3.73. The molecular weight excluding hydrogens is 426 g/mol. The van der Waals surface area contributed by atoms with Gasteiger partial charge in [0.25, 0.3) is 5.91 Å². The van der Waals surface area contributed by atoms with Gasteiger partial charge in [0.1, 0.15) is 12.4 Å². The monoisotopic (exact) mass is 459 g/mol. The first-order valence-electron chi connectivity index (χ1n) is 11.9. The van der Waals surface area contributed by atoms with Crippen LogP contribution in [-0.2, 0) is 16.1 Å². The fraction of sp³-hybridized carbons (Fsp3) is 0.310. The van der Waals surface area contributed by atoms with Gasteiger partial charge in [0.15, 0.2) is 0 Å². The number of unbranched alkanes of at least 4 members (excludes halogenated alkanes) is 4. The third-order valence-electron chi connectivity index (χ3n) is 5.66. The zero-order valence-corrected chi connectivity index (χ0v) is 19.8. The Morgan fingerprint density at radius 2 is 1.44 bits per heavy atom. The van der Waals surface area contributed by atoms with Crippen molar-refractivity contribution in [3.05, 3.63) is 90.0 Å². The molecule has 3 aromatic carbocycles. The summed E-state index contributed by atoms with van der Waals surface area (Å²) in [6.45, 7) is 1.15. The molecule has 0 spiro atoms. The van der Waals surface area contributed by atoms with Crippen molar-refractivity contribution in [2.75, 3.05) is 13.7 Å². The zero-order chi connectivity index (χ0) is 24.0. The fourth-order valence-corrected chi connectivity index (χ4v) is 3.73. The lowest BCUT2D eigenvalue weighted by atomic mass is 9.99. The van der Waals surface area contributed by atoms with E-state index in [0.29, 0.717) is 25.1 Å². The third kappa shape index (κ3) is 8.07. The molecule has 0 saturated heterocycles. The second-order valence-corrected chi connectivity index (χ2v) is 8.19. The zero-order valence-electron chi connectivity index (χ0n) is 19.8. The first kappa shape index (κ1) is 25.0. The first-order chi connectivity index (χ1) is 16.7. The van der Waals surface area contributed by atoms with Crippen molar-refractivity contribution in [2.24, 2.45) is 0 Å². The number of hydrogen-bond acceptors (Lipinski definition) is 4. The highest BCUT2D eigenvalue weighted by atomic mass is 16.5. The average molecular weight is 460 g/mol. The lowest BCUT2D eigenvalue weighted by molar-refractivity contribution is -0.140. The van der Waals surface area contributed by atoms with Crippen LogP contribution in [0.25, 0.3) is 11.1 Å². The van der Waals surface area contributed by atoms with Crippen LogP contribution in [0.2, 0.25) is 0 Å². The normalized spacial score (nSPS) is 10.5. The van der Waals surface area contributed by atoms with Gasteiger partial charge in [-0.15, -0.1) is 0 Å². The van der Waals surface area contributed by atoms with Gasteiger partial charge in [-0.2, -0.15) is 0 Å². The SMILES string of the molecule is COC(=O)CCCCCCCNC(=O)c1ccccc1-c1ccc(OCc2ccccc2)cc1. The van der Waals surface area contributed by atoms with E-state index in [1.807, 2.05) is 78.9 Å². The minimum absolute atomic E-state index is 0.0642. The van der Waals surface area contributed by atoms with Crippen LogP contribution in [0.5, 0.6) is 5.75 Å². The Hall–Kier alpha value is -3.60. The molecule has 178 valence electrons. The summed E-state index contributed by atoms with van der Waals surface area (Å²) >= 11 is 0. The predicted octanol–water partition coefficient (Wildman–Crippen LogP) is 6.18. The number of methoxy groups -OCH3 is 1. The van der Waals surface area contributed by atoms with E-state index in [1.165, 1.54) is 7.11 Å². The molecule has 0 atom stereocenters. The van der Waals surface area contributed by atoms with Crippen LogP contribution in [0.15, 0.2) is 78.9 Å². The molecule has 0 aliphatic rings. The van der Waals surface area contributed by atoms with E-state index < -0.39 is 0 Å². The van der Waals surface area contributed by atoms with Crippen molar-refractivity contribution in [1.29, 1.82) is 0 Å². The number of amides is 1. The van der Waals surface area contributed by atoms with Gasteiger partial charge in [0.05, 0.1) is 7.11 Å². The summed E-state index contributed by atoms with van der Waals surface area (Å²) in [6.07, 6.45) is 5.30. The first-order valence-corrected chi connectivity index (χ1v) is 11.9. The number of benzene rings is 3. The molecule has 0 heterocycles. The van der Waals surface area contributed by atoms with Crippen LogP contribution in [0.3, 0.4) is 0 Å². The molecule has 0 unspecified atom stereocenters. The number of hydrogen-bond donors (Lipinski definition) is 1. The Labute approximate surface area is 202 Å². The maximum Gasteiger partial charge on any atom is 0.305 e. The van der Waals surface area contributed by atoms with Crippen LogP contribution in [0, 0.1) is 0 Å². The van der Waals surface area contributed by atoms with Gasteiger partial charge in [-0.25, -0.2) is 0 Å². The van der Waals surface area contributed by atoms with Crippen molar-refractivity contribution in [3.8, 4) is 16.9 Å². The molecule has 34 heavy (non-hydrogen) atoms. The van der Waals surface area contributed by atoms with Gasteiger partial charge >= 0.3 is 5.97 Å².